The summed E-state index contributed by atoms with van der Waals surface area (Å²) in [5.74, 6) is 1.01. The van der Waals surface area contributed by atoms with Gasteiger partial charge in [0.25, 0.3) is 0 Å². The van der Waals surface area contributed by atoms with E-state index in [2.05, 4.69) is 23.7 Å². The van der Waals surface area contributed by atoms with E-state index in [1.807, 2.05) is 6.07 Å². The van der Waals surface area contributed by atoms with Gasteiger partial charge in [0, 0.05) is 12.5 Å². The predicted octanol–water partition coefficient (Wildman–Crippen LogP) is 2.45. The van der Waals surface area contributed by atoms with Crippen LogP contribution in [0.1, 0.15) is 6.92 Å². The van der Waals surface area contributed by atoms with Crippen LogP contribution in [0.15, 0.2) is 18.2 Å². The van der Waals surface area contributed by atoms with Crippen molar-refractivity contribution in [2.75, 3.05) is 7.11 Å². The van der Waals surface area contributed by atoms with Gasteiger partial charge in [-0.1, -0.05) is 6.07 Å². The third kappa shape index (κ3) is 2.24. The quantitative estimate of drug-likeness (QED) is 0.637. The molecular formula is C9H9ClO2. The van der Waals surface area contributed by atoms with Gasteiger partial charge in [0.2, 0.25) is 5.24 Å². The lowest BCUT2D eigenvalue weighted by molar-refractivity contribution is -0.109. The summed E-state index contributed by atoms with van der Waals surface area (Å²) in [6.45, 7) is 1.29. The van der Waals surface area contributed by atoms with Crippen molar-refractivity contribution >= 4 is 16.8 Å². The van der Waals surface area contributed by atoms with Gasteiger partial charge in [-0.25, -0.2) is 0 Å². The molecule has 12 heavy (non-hydrogen) atoms. The molecule has 2 aliphatic rings. The number of fused-ring (bicyclic) bond motifs is 1. The molecule has 0 unspecified atom stereocenters. The largest absolute Gasteiger partial charge is 0.496 e. The summed E-state index contributed by atoms with van der Waals surface area (Å²) >= 11 is 4.64. The van der Waals surface area contributed by atoms with Gasteiger partial charge >= 0.3 is 0 Å². The van der Waals surface area contributed by atoms with Crippen molar-refractivity contribution < 1.29 is 9.53 Å². The molecule has 0 saturated carbocycles. The highest BCUT2D eigenvalue weighted by molar-refractivity contribution is 6.62. The Kier molecular flexibility index (Phi) is 2.71. The molecule has 0 atom stereocenters. The Morgan fingerprint density at radius 2 is 2.08 bits per heavy atom. The van der Waals surface area contributed by atoms with E-state index < -0.39 is 0 Å². The molecule has 0 fully saturated rings. The fourth-order valence-electron chi connectivity index (χ4n) is 0.904. The number of halogens is 1. The normalized spacial score (nSPS) is 9.58. The molecule has 0 bridgehead atoms. The third-order valence-electron chi connectivity index (χ3n) is 1.43. The van der Waals surface area contributed by atoms with Gasteiger partial charge in [-0.2, -0.15) is 0 Å². The van der Waals surface area contributed by atoms with Gasteiger partial charge in [-0.15, -0.1) is 0 Å². The summed E-state index contributed by atoms with van der Waals surface area (Å²) in [5.41, 5.74) is 2.62. The average molecular weight is 185 g/mol. The first-order chi connectivity index (χ1) is 5.65. The zero-order chi connectivity index (χ0) is 9.14. The van der Waals surface area contributed by atoms with Crippen molar-refractivity contribution in [3.63, 3.8) is 0 Å². The Morgan fingerprint density at radius 1 is 1.50 bits per heavy atom. The van der Waals surface area contributed by atoms with Crippen LogP contribution in [0.4, 0.5) is 0 Å². The lowest BCUT2D eigenvalue weighted by Crippen LogP contribution is -1.75. The highest BCUT2D eigenvalue weighted by atomic mass is 35.5. The molecule has 2 nitrogen and oxygen atoms in total. The molecule has 0 amide bonds. The summed E-state index contributed by atoms with van der Waals surface area (Å²) in [4.78, 5) is 9.21. The van der Waals surface area contributed by atoms with Crippen molar-refractivity contribution in [2.24, 2.45) is 0 Å². The zero-order valence-electron chi connectivity index (χ0n) is 6.93. The summed E-state index contributed by atoms with van der Waals surface area (Å²) in [7, 11) is 1.70. The van der Waals surface area contributed by atoms with Crippen molar-refractivity contribution in [1.82, 2.24) is 0 Å². The molecule has 0 saturated heterocycles. The van der Waals surface area contributed by atoms with Crippen LogP contribution in [0.5, 0.6) is 5.75 Å². The van der Waals surface area contributed by atoms with E-state index in [9.17, 15) is 4.79 Å². The first kappa shape index (κ1) is 9.07. The Labute approximate surface area is 76.1 Å². The Bertz CT molecular complexity index is 303. The minimum atomic E-state index is -0.361. The third-order valence-corrected chi connectivity index (χ3v) is 1.43. The molecule has 0 radical (unpaired) electrons. The van der Waals surface area contributed by atoms with Gasteiger partial charge in [-0.05, 0) is 29.3 Å². The van der Waals surface area contributed by atoms with Gasteiger partial charge < -0.3 is 4.74 Å². The molecule has 0 aliphatic heterocycles. The van der Waals surface area contributed by atoms with Gasteiger partial charge in [0.05, 0.1) is 7.11 Å². The highest BCUT2D eigenvalue weighted by Gasteiger charge is 2.16. The molecule has 64 valence electrons. The van der Waals surface area contributed by atoms with Crippen LogP contribution in [0.25, 0.3) is 11.1 Å². The van der Waals surface area contributed by atoms with Crippen molar-refractivity contribution in [3.8, 4) is 16.9 Å². The second-order valence-corrected chi connectivity index (χ2v) is 2.92. The van der Waals surface area contributed by atoms with Crippen molar-refractivity contribution in [1.29, 1.82) is 0 Å². The first-order valence-corrected chi connectivity index (χ1v) is 3.87. The number of methoxy groups -OCH3 is 1. The maximum Gasteiger partial charge on any atom is 0.218 e. The lowest BCUT2D eigenvalue weighted by atomic mass is 10.5. The van der Waals surface area contributed by atoms with Crippen LogP contribution < -0.4 is 4.74 Å². The van der Waals surface area contributed by atoms with Crippen LogP contribution in [0.2, 0.25) is 0 Å². The average Bonchev–Trinajstić information content (AvgIpc) is 2.63. The molecule has 3 heteroatoms. The predicted molar refractivity (Wildman–Crippen MR) is 48.5 cm³/mol. The number of hydrogen-bond donors (Lipinski definition) is 0. The highest BCUT2D eigenvalue weighted by Crippen LogP contribution is 2.43. The lowest BCUT2D eigenvalue weighted by Gasteiger charge is -1.89. The van der Waals surface area contributed by atoms with E-state index in [1.54, 1.807) is 7.11 Å². The first-order valence-electron chi connectivity index (χ1n) is 3.49. The minimum absolute atomic E-state index is 0.361. The number of carbonyl (C=O) groups is 1. The Hall–Kier alpha value is -1.02. The van der Waals surface area contributed by atoms with Gasteiger partial charge in [-0.3, -0.25) is 4.79 Å². The van der Waals surface area contributed by atoms with Crippen molar-refractivity contribution in [3.05, 3.63) is 18.2 Å². The fourth-order valence-corrected chi connectivity index (χ4v) is 0.904. The van der Waals surface area contributed by atoms with Crippen molar-refractivity contribution in [2.45, 2.75) is 6.92 Å². The van der Waals surface area contributed by atoms with E-state index in [0.29, 0.717) is 0 Å². The standard InChI is InChI=1S/C7H6O.C2H3ClO/c1-8-7-3-2-5-4-6(5)7;1-2(3)4/h2-4H,1H3;1H3. The van der Waals surface area contributed by atoms with Gasteiger partial charge in [0.1, 0.15) is 5.75 Å². The van der Waals surface area contributed by atoms with E-state index in [-0.39, 0.29) is 5.24 Å². The Morgan fingerprint density at radius 3 is 2.25 bits per heavy atom. The van der Waals surface area contributed by atoms with E-state index >= 15 is 0 Å². The van der Waals surface area contributed by atoms with E-state index in [1.165, 1.54) is 18.1 Å². The molecule has 2 aliphatic carbocycles. The fraction of sp³-hybridized carbons (Fsp3) is 0.222. The minimum Gasteiger partial charge on any atom is -0.496 e. The molecule has 0 spiro atoms. The van der Waals surface area contributed by atoms with Crippen LogP contribution in [-0.4, -0.2) is 12.4 Å². The van der Waals surface area contributed by atoms with Crippen LogP contribution in [0, 0.1) is 0 Å². The van der Waals surface area contributed by atoms with Crippen LogP contribution >= 0.6 is 11.6 Å². The molecule has 2 rings (SSSR count). The van der Waals surface area contributed by atoms with Crippen LogP contribution in [-0.2, 0) is 4.79 Å². The smallest absolute Gasteiger partial charge is 0.218 e. The molecular weight excluding hydrogens is 176 g/mol. The second kappa shape index (κ2) is 3.59. The molecule has 0 heterocycles. The van der Waals surface area contributed by atoms with Gasteiger partial charge in [0.15, 0.2) is 0 Å². The zero-order valence-corrected chi connectivity index (χ0v) is 7.68. The monoisotopic (exact) mass is 184 g/mol. The molecule has 0 N–H and O–H groups in total. The topological polar surface area (TPSA) is 26.3 Å². The maximum absolute atomic E-state index is 9.21. The summed E-state index contributed by atoms with van der Waals surface area (Å²) < 4.78 is 5.01. The Balaban J connectivity index is 0.000000157. The number of rotatable bonds is 1. The summed E-state index contributed by atoms with van der Waals surface area (Å²) in [6, 6.07) is 6.16. The number of ether oxygens (including phenoxy) is 1. The van der Waals surface area contributed by atoms with Crippen LogP contribution in [0.3, 0.4) is 0 Å². The van der Waals surface area contributed by atoms with E-state index in [0.717, 1.165) is 5.75 Å². The molecule has 0 aromatic heterocycles. The number of carbonyl (C=O) groups excluding carboxylic acids is 1. The molecule has 0 aromatic rings. The summed E-state index contributed by atoms with van der Waals surface area (Å²) in [6.07, 6.45) is 0. The number of benzene rings is 1. The summed E-state index contributed by atoms with van der Waals surface area (Å²) in [5, 5.41) is -0.361. The molecule has 0 aromatic carbocycles. The van der Waals surface area contributed by atoms with E-state index in [4.69, 9.17) is 4.74 Å². The SMILES string of the molecule is CC(=O)Cl.COc1ccc2cc1-2. The number of hydrogen-bond acceptors (Lipinski definition) is 2. The second-order valence-electron chi connectivity index (χ2n) is 2.39. The maximum atomic E-state index is 9.21.